The highest BCUT2D eigenvalue weighted by Crippen LogP contribution is 2.29. The van der Waals surface area contributed by atoms with Gasteiger partial charge in [-0.15, -0.1) is 0 Å². The molecule has 25 heavy (non-hydrogen) atoms. The van der Waals surface area contributed by atoms with Gasteiger partial charge in [0.15, 0.2) is 17.5 Å². The van der Waals surface area contributed by atoms with Gasteiger partial charge >= 0.3 is 6.61 Å². The van der Waals surface area contributed by atoms with Gasteiger partial charge in [0, 0.05) is 26.7 Å². The summed E-state index contributed by atoms with van der Waals surface area (Å²) in [5.41, 5.74) is 0.868. The number of nitrogens with one attached hydrogen (secondary N) is 1. The second-order valence-electron chi connectivity index (χ2n) is 5.62. The first-order valence-electron chi connectivity index (χ1n) is 8.62. The average Bonchev–Trinajstić information content (AvgIpc) is 2.58. The van der Waals surface area contributed by atoms with Crippen molar-refractivity contribution < 1.29 is 18.3 Å². The summed E-state index contributed by atoms with van der Waals surface area (Å²) in [7, 11) is 3.44. The lowest BCUT2D eigenvalue weighted by molar-refractivity contribution is -0.0512. The van der Waals surface area contributed by atoms with E-state index in [0.29, 0.717) is 18.7 Å². The molecular weight excluding hydrogens is 328 g/mol. The molecule has 0 fully saturated rings. The third kappa shape index (κ3) is 7.58. The lowest BCUT2D eigenvalue weighted by Gasteiger charge is -2.21. The number of halogens is 2. The van der Waals surface area contributed by atoms with E-state index in [1.54, 1.807) is 12.1 Å². The van der Waals surface area contributed by atoms with E-state index in [0.717, 1.165) is 37.5 Å². The second-order valence-corrected chi connectivity index (χ2v) is 5.62. The zero-order chi connectivity index (χ0) is 18.7. The zero-order valence-electron chi connectivity index (χ0n) is 15.5. The van der Waals surface area contributed by atoms with E-state index >= 15 is 0 Å². The maximum Gasteiger partial charge on any atom is 0.387 e. The monoisotopic (exact) mass is 357 g/mol. The van der Waals surface area contributed by atoms with Gasteiger partial charge in [0.1, 0.15) is 0 Å². The Morgan fingerprint density at radius 2 is 2.04 bits per heavy atom. The lowest BCUT2D eigenvalue weighted by atomic mass is 10.1. The number of rotatable bonds is 10. The van der Waals surface area contributed by atoms with Crippen molar-refractivity contribution in [3.8, 4) is 11.5 Å². The number of aliphatic imine (C=N–C) groups is 1. The normalized spacial score (nSPS) is 11.6. The Balaban J connectivity index is 2.73. The molecule has 0 aliphatic carbocycles. The first-order chi connectivity index (χ1) is 12.0. The van der Waals surface area contributed by atoms with Crippen LogP contribution in [0.25, 0.3) is 0 Å². The molecule has 0 aromatic heterocycles. The van der Waals surface area contributed by atoms with Gasteiger partial charge in [0.2, 0.25) is 0 Å². The minimum absolute atomic E-state index is 0.0472. The van der Waals surface area contributed by atoms with E-state index in [4.69, 9.17) is 4.74 Å². The van der Waals surface area contributed by atoms with Crippen LogP contribution in [-0.2, 0) is 6.42 Å². The number of ether oxygens (including phenoxy) is 2. The van der Waals surface area contributed by atoms with Crippen LogP contribution in [0.4, 0.5) is 8.78 Å². The van der Waals surface area contributed by atoms with E-state index < -0.39 is 6.61 Å². The predicted octanol–water partition coefficient (Wildman–Crippen LogP) is 3.54. The Kier molecular flexibility index (Phi) is 9.65. The summed E-state index contributed by atoms with van der Waals surface area (Å²) in [6.07, 6.45) is 2.86. The van der Waals surface area contributed by atoms with Crippen molar-refractivity contribution in [2.24, 2.45) is 4.99 Å². The number of hydrogen-bond acceptors (Lipinski definition) is 3. The van der Waals surface area contributed by atoms with Crippen LogP contribution in [0.2, 0.25) is 0 Å². The average molecular weight is 357 g/mol. The molecule has 5 nitrogen and oxygen atoms in total. The largest absolute Gasteiger partial charge is 0.493 e. The molecule has 0 saturated carbocycles. The summed E-state index contributed by atoms with van der Waals surface area (Å²) in [5, 5.41) is 3.27. The Morgan fingerprint density at radius 1 is 1.28 bits per heavy atom. The molecule has 0 aliphatic rings. The van der Waals surface area contributed by atoms with E-state index in [-0.39, 0.29) is 5.75 Å². The van der Waals surface area contributed by atoms with Gasteiger partial charge in [-0.25, -0.2) is 0 Å². The van der Waals surface area contributed by atoms with Crippen LogP contribution in [0.1, 0.15) is 32.3 Å². The first-order valence-corrected chi connectivity index (χ1v) is 8.62. The molecule has 0 heterocycles. The van der Waals surface area contributed by atoms with Gasteiger partial charge in [-0.3, -0.25) is 4.99 Å². The molecule has 0 unspecified atom stereocenters. The molecule has 0 radical (unpaired) electrons. The highest BCUT2D eigenvalue weighted by molar-refractivity contribution is 5.79. The van der Waals surface area contributed by atoms with Crippen molar-refractivity contribution in [2.75, 3.05) is 33.8 Å². The minimum Gasteiger partial charge on any atom is -0.493 e. The van der Waals surface area contributed by atoms with Crippen molar-refractivity contribution in [2.45, 2.75) is 39.7 Å². The summed E-state index contributed by atoms with van der Waals surface area (Å²) >= 11 is 0. The predicted molar refractivity (Wildman–Crippen MR) is 96.8 cm³/mol. The molecule has 0 spiro atoms. The molecule has 0 atom stereocenters. The molecule has 1 aromatic rings. The second kappa shape index (κ2) is 11.5. The SMILES string of the molecule is CCCCN(C)C(=NCCc1ccc(OC)c(OC(F)F)c1)NCC. The number of benzene rings is 1. The Labute approximate surface area is 149 Å². The third-order valence-electron chi connectivity index (χ3n) is 3.65. The molecule has 1 rings (SSSR count). The van der Waals surface area contributed by atoms with Crippen LogP contribution < -0.4 is 14.8 Å². The Bertz CT molecular complexity index is 539. The summed E-state index contributed by atoms with van der Waals surface area (Å²) in [4.78, 5) is 6.71. The van der Waals surface area contributed by atoms with Crippen molar-refractivity contribution in [1.29, 1.82) is 0 Å². The quantitative estimate of drug-likeness (QED) is 0.514. The molecule has 1 aromatic carbocycles. The van der Waals surface area contributed by atoms with Crippen LogP contribution in [0.15, 0.2) is 23.2 Å². The summed E-state index contributed by atoms with van der Waals surface area (Å²) in [6.45, 7) is 3.59. The van der Waals surface area contributed by atoms with Crippen molar-refractivity contribution in [1.82, 2.24) is 10.2 Å². The number of hydrogen-bond donors (Lipinski definition) is 1. The van der Waals surface area contributed by atoms with E-state index in [9.17, 15) is 8.78 Å². The topological polar surface area (TPSA) is 46.1 Å². The van der Waals surface area contributed by atoms with E-state index in [2.05, 4.69) is 26.9 Å². The number of nitrogens with zero attached hydrogens (tertiary/aromatic N) is 2. The van der Waals surface area contributed by atoms with Crippen molar-refractivity contribution in [3.05, 3.63) is 23.8 Å². The minimum atomic E-state index is -2.88. The van der Waals surface area contributed by atoms with Crippen molar-refractivity contribution in [3.63, 3.8) is 0 Å². The fourth-order valence-corrected chi connectivity index (χ4v) is 2.33. The van der Waals surface area contributed by atoms with E-state index in [1.807, 2.05) is 20.0 Å². The smallest absolute Gasteiger partial charge is 0.387 e. The fourth-order valence-electron chi connectivity index (χ4n) is 2.33. The first kappa shape index (κ1) is 21.0. The van der Waals surface area contributed by atoms with Crippen LogP contribution >= 0.6 is 0 Å². The number of methoxy groups -OCH3 is 1. The molecule has 142 valence electrons. The van der Waals surface area contributed by atoms with E-state index in [1.165, 1.54) is 7.11 Å². The maximum absolute atomic E-state index is 12.5. The number of alkyl halides is 2. The van der Waals surface area contributed by atoms with Crippen LogP contribution in [0, 0.1) is 0 Å². The lowest BCUT2D eigenvalue weighted by Crippen LogP contribution is -2.39. The van der Waals surface area contributed by atoms with Gasteiger partial charge in [0.05, 0.1) is 7.11 Å². The third-order valence-corrected chi connectivity index (χ3v) is 3.65. The van der Waals surface area contributed by atoms with Crippen molar-refractivity contribution >= 4 is 5.96 Å². The number of guanidine groups is 1. The maximum atomic E-state index is 12.5. The number of unbranched alkanes of at least 4 members (excludes halogenated alkanes) is 1. The molecule has 7 heteroatoms. The molecule has 0 amide bonds. The van der Waals surface area contributed by atoms with Gasteiger partial charge < -0.3 is 19.7 Å². The van der Waals surface area contributed by atoms with Gasteiger partial charge in [-0.1, -0.05) is 19.4 Å². The molecule has 0 aliphatic heterocycles. The molecule has 0 saturated heterocycles. The zero-order valence-corrected chi connectivity index (χ0v) is 15.5. The summed E-state index contributed by atoms with van der Waals surface area (Å²) in [5.74, 6) is 1.19. The van der Waals surface area contributed by atoms with Crippen LogP contribution in [0.5, 0.6) is 11.5 Å². The van der Waals surface area contributed by atoms with Gasteiger partial charge in [-0.05, 0) is 37.5 Å². The highest BCUT2D eigenvalue weighted by Gasteiger charge is 2.11. The fraction of sp³-hybridized carbons (Fsp3) is 0.611. The van der Waals surface area contributed by atoms with Gasteiger partial charge in [-0.2, -0.15) is 8.78 Å². The van der Waals surface area contributed by atoms with Crippen LogP contribution in [-0.4, -0.2) is 51.3 Å². The summed E-state index contributed by atoms with van der Waals surface area (Å²) < 4.78 is 34.5. The Hall–Kier alpha value is -2.05. The molecule has 0 bridgehead atoms. The molecule has 1 N–H and O–H groups in total. The standard InChI is InChI=1S/C18H29F2N3O2/c1-5-7-12-23(3)18(21-6-2)22-11-10-14-8-9-15(24-4)16(13-14)25-17(19)20/h8-9,13,17H,5-7,10-12H2,1-4H3,(H,21,22). The molecular formula is C18H29F2N3O2. The Morgan fingerprint density at radius 3 is 2.64 bits per heavy atom. The summed E-state index contributed by atoms with van der Waals surface area (Å²) in [6, 6.07) is 5.05. The van der Waals surface area contributed by atoms with Crippen LogP contribution in [0.3, 0.4) is 0 Å². The highest BCUT2D eigenvalue weighted by atomic mass is 19.3. The van der Waals surface area contributed by atoms with Gasteiger partial charge in [0.25, 0.3) is 0 Å².